The van der Waals surface area contributed by atoms with Crippen molar-refractivity contribution in [1.82, 2.24) is 14.7 Å². The number of rotatable bonds is 1. The Balaban J connectivity index is 2.24. The minimum Gasteiger partial charge on any atom is -0.394 e. The molecule has 1 fully saturated rings. The molecule has 0 unspecified atom stereocenters. The number of piperazine rings is 1. The third kappa shape index (κ3) is 1.79. The molecule has 0 amide bonds. The van der Waals surface area contributed by atoms with Crippen molar-refractivity contribution in [3.05, 3.63) is 6.20 Å². The van der Waals surface area contributed by atoms with Crippen LogP contribution in [0, 0.1) is 0 Å². The minimum atomic E-state index is 0.487. The van der Waals surface area contributed by atoms with Crippen molar-refractivity contribution in [3.63, 3.8) is 0 Å². The minimum absolute atomic E-state index is 0.487. The molecule has 2 rings (SSSR count). The average Bonchev–Trinajstić information content (AvgIpc) is 2.48. The van der Waals surface area contributed by atoms with Crippen molar-refractivity contribution in [2.45, 2.75) is 13.0 Å². The summed E-state index contributed by atoms with van der Waals surface area (Å²) in [6.45, 7) is 5.39. The third-order valence-electron chi connectivity index (χ3n) is 3.04. The standard InChI is InChI=1S/C10H19N5/c1-8-7-13(2)4-5-15(8)10-9(11)6-12-14(10)3/h6,8H,4-5,7,11H2,1-3H3/t8-/m0/s1. The first-order chi connectivity index (χ1) is 7.09. The van der Waals surface area contributed by atoms with Crippen LogP contribution in [0.5, 0.6) is 0 Å². The highest BCUT2D eigenvalue weighted by Gasteiger charge is 2.25. The highest BCUT2D eigenvalue weighted by molar-refractivity contribution is 5.63. The van der Waals surface area contributed by atoms with E-state index in [0.29, 0.717) is 6.04 Å². The molecule has 5 heteroatoms. The molecule has 2 heterocycles. The van der Waals surface area contributed by atoms with Gasteiger partial charge < -0.3 is 15.5 Å². The summed E-state index contributed by atoms with van der Waals surface area (Å²) < 4.78 is 1.86. The third-order valence-corrected chi connectivity index (χ3v) is 3.04. The Kier molecular flexibility index (Phi) is 2.56. The Morgan fingerprint density at radius 1 is 1.40 bits per heavy atom. The van der Waals surface area contributed by atoms with E-state index in [0.717, 1.165) is 31.1 Å². The van der Waals surface area contributed by atoms with Gasteiger partial charge in [-0.1, -0.05) is 0 Å². The summed E-state index contributed by atoms with van der Waals surface area (Å²) in [6.07, 6.45) is 1.72. The van der Waals surface area contributed by atoms with Gasteiger partial charge in [0.1, 0.15) is 5.82 Å². The first kappa shape index (κ1) is 10.3. The molecule has 1 aromatic heterocycles. The molecule has 0 bridgehead atoms. The highest BCUT2D eigenvalue weighted by Crippen LogP contribution is 2.25. The van der Waals surface area contributed by atoms with Crippen LogP contribution in [0.15, 0.2) is 6.20 Å². The van der Waals surface area contributed by atoms with Crippen LogP contribution in [-0.2, 0) is 7.05 Å². The molecule has 1 aliphatic heterocycles. The van der Waals surface area contributed by atoms with Crippen LogP contribution in [-0.4, -0.2) is 47.4 Å². The Hall–Kier alpha value is -1.23. The van der Waals surface area contributed by atoms with Crippen LogP contribution in [0.1, 0.15) is 6.92 Å². The van der Waals surface area contributed by atoms with E-state index in [1.54, 1.807) is 6.20 Å². The summed E-state index contributed by atoms with van der Waals surface area (Å²) in [6, 6.07) is 0.487. The van der Waals surface area contributed by atoms with E-state index < -0.39 is 0 Å². The predicted molar refractivity (Wildman–Crippen MR) is 61.9 cm³/mol. The molecule has 1 aromatic rings. The lowest BCUT2D eigenvalue weighted by molar-refractivity contribution is 0.273. The lowest BCUT2D eigenvalue weighted by atomic mass is 10.2. The van der Waals surface area contributed by atoms with Gasteiger partial charge in [0.25, 0.3) is 0 Å². The molecule has 1 atom stereocenters. The van der Waals surface area contributed by atoms with Crippen LogP contribution in [0.3, 0.4) is 0 Å². The van der Waals surface area contributed by atoms with Gasteiger partial charge in [0, 0.05) is 32.7 Å². The van der Waals surface area contributed by atoms with E-state index in [2.05, 4.69) is 28.9 Å². The molecule has 5 nitrogen and oxygen atoms in total. The summed E-state index contributed by atoms with van der Waals surface area (Å²) in [5.41, 5.74) is 6.70. The van der Waals surface area contributed by atoms with Crippen LogP contribution in [0.25, 0.3) is 0 Å². The van der Waals surface area contributed by atoms with Crippen LogP contribution >= 0.6 is 0 Å². The van der Waals surface area contributed by atoms with Crippen molar-refractivity contribution < 1.29 is 0 Å². The Morgan fingerprint density at radius 3 is 2.67 bits per heavy atom. The summed E-state index contributed by atoms with van der Waals surface area (Å²) in [4.78, 5) is 4.68. The lowest BCUT2D eigenvalue weighted by Gasteiger charge is -2.39. The summed E-state index contributed by atoms with van der Waals surface area (Å²) >= 11 is 0. The SMILES string of the molecule is C[C@H]1CN(C)CCN1c1c(N)cnn1C. The molecule has 84 valence electrons. The van der Waals surface area contributed by atoms with Crippen LogP contribution in [0.2, 0.25) is 0 Å². The molecular formula is C10H19N5. The van der Waals surface area contributed by atoms with Gasteiger partial charge >= 0.3 is 0 Å². The Labute approximate surface area is 90.4 Å². The second-order valence-electron chi connectivity index (χ2n) is 4.35. The molecule has 0 aliphatic carbocycles. The van der Waals surface area contributed by atoms with Gasteiger partial charge in [-0.05, 0) is 14.0 Å². The number of aromatic nitrogens is 2. The van der Waals surface area contributed by atoms with E-state index in [9.17, 15) is 0 Å². The first-order valence-corrected chi connectivity index (χ1v) is 5.32. The monoisotopic (exact) mass is 209 g/mol. The van der Waals surface area contributed by atoms with Crippen molar-refractivity contribution in [3.8, 4) is 0 Å². The average molecular weight is 209 g/mol. The normalized spacial score (nSPS) is 23.4. The summed E-state index contributed by atoms with van der Waals surface area (Å²) in [7, 11) is 4.09. The fourth-order valence-corrected chi connectivity index (χ4v) is 2.25. The van der Waals surface area contributed by atoms with Gasteiger partial charge in [0.05, 0.1) is 11.9 Å². The highest BCUT2D eigenvalue weighted by atomic mass is 15.4. The van der Waals surface area contributed by atoms with Gasteiger partial charge in [-0.2, -0.15) is 5.10 Å². The van der Waals surface area contributed by atoms with Gasteiger partial charge in [-0.3, -0.25) is 4.68 Å². The topological polar surface area (TPSA) is 50.3 Å². The summed E-state index contributed by atoms with van der Waals surface area (Å²) in [5, 5.41) is 4.18. The summed E-state index contributed by atoms with van der Waals surface area (Å²) in [5.74, 6) is 1.05. The fraction of sp³-hybridized carbons (Fsp3) is 0.700. The van der Waals surface area contributed by atoms with E-state index in [1.807, 2.05) is 11.7 Å². The van der Waals surface area contributed by atoms with Crippen molar-refractivity contribution >= 4 is 11.5 Å². The number of hydrogen-bond donors (Lipinski definition) is 1. The first-order valence-electron chi connectivity index (χ1n) is 5.32. The molecule has 1 saturated heterocycles. The number of aryl methyl sites for hydroxylation is 1. The van der Waals surface area contributed by atoms with Gasteiger partial charge in [0.15, 0.2) is 0 Å². The largest absolute Gasteiger partial charge is 0.394 e. The Bertz CT molecular complexity index is 326. The zero-order valence-corrected chi connectivity index (χ0v) is 9.64. The maximum absolute atomic E-state index is 5.93. The van der Waals surface area contributed by atoms with E-state index in [1.165, 1.54) is 0 Å². The molecular weight excluding hydrogens is 190 g/mol. The number of nitrogens with two attached hydrogens (primary N) is 1. The number of likely N-dealkylation sites (N-methyl/N-ethyl adjacent to an activating group) is 1. The number of anilines is 2. The number of nitrogens with zero attached hydrogens (tertiary/aromatic N) is 4. The predicted octanol–water partition coefficient (Wildman–Crippen LogP) is 0.143. The Morgan fingerprint density at radius 2 is 2.13 bits per heavy atom. The zero-order valence-electron chi connectivity index (χ0n) is 9.64. The molecule has 2 N–H and O–H groups in total. The van der Waals surface area contributed by atoms with Gasteiger partial charge in [-0.25, -0.2) is 0 Å². The molecule has 1 aliphatic rings. The second-order valence-corrected chi connectivity index (χ2v) is 4.35. The van der Waals surface area contributed by atoms with Crippen molar-refractivity contribution in [1.29, 1.82) is 0 Å². The fourth-order valence-electron chi connectivity index (χ4n) is 2.25. The molecule has 0 aromatic carbocycles. The van der Waals surface area contributed by atoms with Crippen molar-refractivity contribution in [2.75, 3.05) is 37.3 Å². The lowest BCUT2D eigenvalue weighted by Crippen LogP contribution is -2.51. The zero-order chi connectivity index (χ0) is 11.0. The van der Waals surface area contributed by atoms with Gasteiger partial charge in [-0.15, -0.1) is 0 Å². The maximum atomic E-state index is 5.93. The van der Waals surface area contributed by atoms with E-state index in [4.69, 9.17) is 5.73 Å². The van der Waals surface area contributed by atoms with E-state index >= 15 is 0 Å². The second kappa shape index (κ2) is 3.73. The van der Waals surface area contributed by atoms with Crippen LogP contribution in [0.4, 0.5) is 11.5 Å². The molecule has 0 saturated carbocycles. The quantitative estimate of drug-likeness (QED) is 0.715. The number of nitrogen functional groups attached to an aromatic ring is 1. The van der Waals surface area contributed by atoms with Crippen LogP contribution < -0.4 is 10.6 Å². The molecule has 0 radical (unpaired) electrons. The number of hydrogen-bond acceptors (Lipinski definition) is 4. The molecule has 15 heavy (non-hydrogen) atoms. The molecule has 0 spiro atoms. The van der Waals surface area contributed by atoms with Gasteiger partial charge in [0.2, 0.25) is 0 Å². The van der Waals surface area contributed by atoms with Crippen molar-refractivity contribution in [2.24, 2.45) is 7.05 Å². The smallest absolute Gasteiger partial charge is 0.150 e. The van der Waals surface area contributed by atoms with E-state index in [-0.39, 0.29) is 0 Å². The maximum Gasteiger partial charge on any atom is 0.150 e.